The zero-order valence-electron chi connectivity index (χ0n) is 10.0. The number of hydrogen-bond acceptors (Lipinski definition) is 4. The summed E-state index contributed by atoms with van der Waals surface area (Å²) in [6, 6.07) is 0.00676. The predicted molar refractivity (Wildman–Crippen MR) is 65.2 cm³/mol. The van der Waals surface area contributed by atoms with Crippen LogP contribution in [0.3, 0.4) is 0 Å². The Bertz CT molecular complexity index is 192. The van der Waals surface area contributed by atoms with Crippen LogP contribution >= 0.6 is 11.8 Å². The van der Waals surface area contributed by atoms with E-state index in [-0.39, 0.29) is 12.1 Å². The van der Waals surface area contributed by atoms with Crippen molar-refractivity contribution in [1.82, 2.24) is 5.32 Å². The quantitative estimate of drug-likeness (QED) is 0.758. The maximum atomic E-state index is 11.4. The van der Waals surface area contributed by atoms with E-state index < -0.39 is 5.60 Å². The van der Waals surface area contributed by atoms with Crippen LogP contribution < -0.4 is 11.1 Å². The van der Waals surface area contributed by atoms with Crippen LogP contribution in [0.5, 0.6) is 0 Å². The molecule has 15 heavy (non-hydrogen) atoms. The number of thioether (sulfide) groups is 1. The highest BCUT2D eigenvalue weighted by Crippen LogP contribution is 2.07. The van der Waals surface area contributed by atoms with Crippen molar-refractivity contribution >= 4 is 17.9 Å². The first kappa shape index (κ1) is 14.6. The number of carbonyl (C=O) groups is 1. The standard InChI is InChI=1S/C10H22N2O2S/c1-10(2,3)14-9(13)12-8(7-11)5-6-15-4/h8H,5-7,11H2,1-4H3,(H,12,13)/t8-/m0/s1. The number of nitrogens with two attached hydrogens (primary N) is 1. The minimum absolute atomic E-state index is 0.00676. The summed E-state index contributed by atoms with van der Waals surface area (Å²) in [4.78, 5) is 11.4. The van der Waals surface area contributed by atoms with Gasteiger partial charge in [0.1, 0.15) is 5.60 Å². The molecule has 0 aliphatic heterocycles. The second-order valence-electron chi connectivity index (χ2n) is 4.36. The maximum absolute atomic E-state index is 11.4. The predicted octanol–water partition coefficient (Wildman–Crippen LogP) is 1.59. The Kier molecular flexibility index (Phi) is 6.76. The fraction of sp³-hybridized carbons (Fsp3) is 0.900. The summed E-state index contributed by atoms with van der Waals surface area (Å²) in [6.45, 7) is 5.96. The number of ether oxygens (including phenoxy) is 1. The molecule has 90 valence electrons. The molecular formula is C10H22N2O2S. The molecule has 0 radical (unpaired) electrons. The topological polar surface area (TPSA) is 64.3 Å². The summed E-state index contributed by atoms with van der Waals surface area (Å²) in [5.74, 6) is 0.984. The van der Waals surface area contributed by atoms with Gasteiger partial charge in [-0.25, -0.2) is 4.79 Å². The summed E-state index contributed by atoms with van der Waals surface area (Å²) in [7, 11) is 0. The van der Waals surface area contributed by atoms with Gasteiger partial charge in [0.25, 0.3) is 0 Å². The lowest BCUT2D eigenvalue weighted by Gasteiger charge is -2.22. The van der Waals surface area contributed by atoms with Gasteiger partial charge in [0, 0.05) is 12.6 Å². The number of rotatable bonds is 5. The summed E-state index contributed by atoms with van der Waals surface area (Å²) in [5.41, 5.74) is 5.09. The zero-order chi connectivity index (χ0) is 11.9. The monoisotopic (exact) mass is 234 g/mol. The third-order valence-electron chi connectivity index (χ3n) is 1.68. The van der Waals surface area contributed by atoms with Gasteiger partial charge in [0.05, 0.1) is 0 Å². The van der Waals surface area contributed by atoms with Gasteiger partial charge >= 0.3 is 6.09 Å². The Morgan fingerprint density at radius 1 is 1.53 bits per heavy atom. The number of alkyl carbamates (subject to hydrolysis) is 1. The molecule has 0 unspecified atom stereocenters. The minimum Gasteiger partial charge on any atom is -0.444 e. The lowest BCUT2D eigenvalue weighted by atomic mass is 10.2. The first-order valence-electron chi connectivity index (χ1n) is 5.07. The maximum Gasteiger partial charge on any atom is 0.407 e. The molecule has 0 aromatic heterocycles. The van der Waals surface area contributed by atoms with Gasteiger partial charge < -0.3 is 15.8 Å². The van der Waals surface area contributed by atoms with Crippen molar-refractivity contribution < 1.29 is 9.53 Å². The van der Waals surface area contributed by atoms with Crippen LogP contribution in [0.1, 0.15) is 27.2 Å². The van der Waals surface area contributed by atoms with Gasteiger partial charge in [-0.3, -0.25) is 0 Å². The molecule has 0 aromatic carbocycles. The molecule has 4 nitrogen and oxygen atoms in total. The van der Waals surface area contributed by atoms with E-state index in [0.717, 1.165) is 12.2 Å². The van der Waals surface area contributed by atoms with E-state index in [0.29, 0.717) is 6.54 Å². The number of carbonyl (C=O) groups excluding carboxylic acids is 1. The molecule has 3 N–H and O–H groups in total. The lowest BCUT2D eigenvalue weighted by Crippen LogP contribution is -2.43. The highest BCUT2D eigenvalue weighted by atomic mass is 32.2. The molecule has 0 aliphatic rings. The van der Waals surface area contributed by atoms with Gasteiger partial charge in [0.15, 0.2) is 0 Å². The molecule has 0 saturated heterocycles. The van der Waals surface area contributed by atoms with E-state index in [1.54, 1.807) is 11.8 Å². The molecule has 0 spiro atoms. The van der Waals surface area contributed by atoms with E-state index in [2.05, 4.69) is 5.32 Å². The van der Waals surface area contributed by atoms with Gasteiger partial charge in [-0.1, -0.05) is 0 Å². The smallest absolute Gasteiger partial charge is 0.407 e. The number of nitrogens with one attached hydrogen (secondary N) is 1. The third-order valence-corrected chi connectivity index (χ3v) is 2.32. The van der Waals surface area contributed by atoms with Crippen LogP contribution in [0, 0.1) is 0 Å². The molecule has 0 heterocycles. The summed E-state index contributed by atoms with van der Waals surface area (Å²) in [5, 5.41) is 2.76. The van der Waals surface area contributed by atoms with Crippen LogP contribution in [0.15, 0.2) is 0 Å². The number of amides is 1. The first-order chi connectivity index (χ1) is 6.89. The van der Waals surface area contributed by atoms with Crippen molar-refractivity contribution in [2.24, 2.45) is 5.73 Å². The molecule has 0 bridgehead atoms. The van der Waals surface area contributed by atoms with E-state index in [1.807, 2.05) is 27.0 Å². The fourth-order valence-corrected chi connectivity index (χ4v) is 1.50. The average molecular weight is 234 g/mol. The Balaban J connectivity index is 3.91. The Morgan fingerprint density at radius 3 is 2.53 bits per heavy atom. The minimum atomic E-state index is -0.456. The van der Waals surface area contributed by atoms with Gasteiger partial charge in [-0.2, -0.15) is 11.8 Å². The lowest BCUT2D eigenvalue weighted by molar-refractivity contribution is 0.0505. The normalized spacial score (nSPS) is 13.4. The van der Waals surface area contributed by atoms with E-state index >= 15 is 0 Å². The zero-order valence-corrected chi connectivity index (χ0v) is 10.8. The molecule has 0 saturated carbocycles. The second kappa shape index (κ2) is 6.95. The number of hydrogen-bond donors (Lipinski definition) is 2. The van der Waals surface area contributed by atoms with Crippen molar-refractivity contribution in [3.05, 3.63) is 0 Å². The van der Waals surface area contributed by atoms with Crippen LogP contribution in [-0.4, -0.2) is 36.3 Å². The largest absolute Gasteiger partial charge is 0.444 e. The van der Waals surface area contributed by atoms with Crippen molar-refractivity contribution in [2.45, 2.75) is 38.8 Å². The summed E-state index contributed by atoms with van der Waals surface area (Å²) in [6.07, 6.45) is 2.51. The second-order valence-corrected chi connectivity index (χ2v) is 5.35. The molecule has 1 amide bonds. The van der Waals surface area contributed by atoms with E-state index in [4.69, 9.17) is 10.5 Å². The Hall–Kier alpha value is -0.420. The van der Waals surface area contributed by atoms with Crippen LogP contribution in [-0.2, 0) is 4.74 Å². The van der Waals surface area contributed by atoms with E-state index in [9.17, 15) is 4.79 Å². The fourth-order valence-electron chi connectivity index (χ4n) is 0.983. The van der Waals surface area contributed by atoms with Crippen molar-refractivity contribution in [3.63, 3.8) is 0 Å². The van der Waals surface area contributed by atoms with Crippen molar-refractivity contribution in [3.8, 4) is 0 Å². The van der Waals surface area contributed by atoms with Gasteiger partial charge in [-0.15, -0.1) is 0 Å². The first-order valence-corrected chi connectivity index (χ1v) is 6.47. The molecule has 0 fully saturated rings. The Labute approximate surface area is 96.3 Å². The average Bonchev–Trinajstić information content (AvgIpc) is 2.09. The van der Waals surface area contributed by atoms with Crippen LogP contribution in [0.2, 0.25) is 0 Å². The summed E-state index contributed by atoms with van der Waals surface area (Å²) >= 11 is 1.74. The third kappa shape index (κ3) is 8.57. The molecule has 1 atom stereocenters. The van der Waals surface area contributed by atoms with Crippen molar-refractivity contribution in [1.29, 1.82) is 0 Å². The molecule has 0 aromatic rings. The molecular weight excluding hydrogens is 212 g/mol. The summed E-state index contributed by atoms with van der Waals surface area (Å²) < 4.78 is 5.14. The highest BCUT2D eigenvalue weighted by Gasteiger charge is 2.18. The van der Waals surface area contributed by atoms with E-state index in [1.165, 1.54) is 0 Å². The van der Waals surface area contributed by atoms with Gasteiger partial charge in [0.2, 0.25) is 0 Å². The molecule has 5 heteroatoms. The molecule has 0 rings (SSSR count). The van der Waals surface area contributed by atoms with Crippen LogP contribution in [0.4, 0.5) is 4.79 Å². The SMILES string of the molecule is CSCC[C@@H](CN)NC(=O)OC(C)(C)C. The highest BCUT2D eigenvalue weighted by molar-refractivity contribution is 7.98. The van der Waals surface area contributed by atoms with Crippen molar-refractivity contribution in [2.75, 3.05) is 18.6 Å². The van der Waals surface area contributed by atoms with Gasteiger partial charge in [-0.05, 0) is 39.2 Å². The molecule has 0 aliphatic carbocycles. The van der Waals surface area contributed by atoms with Crippen LogP contribution in [0.25, 0.3) is 0 Å². The Morgan fingerprint density at radius 2 is 2.13 bits per heavy atom.